The molecule has 2 unspecified atom stereocenters. The molecule has 0 radical (unpaired) electrons. The zero-order valence-corrected chi connectivity index (χ0v) is 25.6. The summed E-state index contributed by atoms with van der Waals surface area (Å²) in [6.07, 6.45) is 6.03. The van der Waals surface area contributed by atoms with E-state index in [-0.39, 0.29) is 43.3 Å². The zero-order valence-electron chi connectivity index (χ0n) is 24.7. The minimum absolute atomic E-state index is 0.0627. The maximum Gasteiger partial charge on any atom is 0.337 e. The SMILES string of the molecule is CCC(=O)OC(OP(=O)(CCCCc1ccccc1)CC(=O)N1C[C@H](C2CCCCC2)C[C@]1(C=O)C(=O)O)C(C)C. The number of carbonyl (C=O) groups is 4. The van der Waals surface area contributed by atoms with Crippen molar-refractivity contribution >= 4 is 31.5 Å². The van der Waals surface area contributed by atoms with Crippen molar-refractivity contribution in [1.82, 2.24) is 4.90 Å². The Morgan fingerprint density at radius 1 is 1.10 bits per heavy atom. The molecule has 10 heteroatoms. The van der Waals surface area contributed by atoms with Gasteiger partial charge in [0.25, 0.3) is 0 Å². The molecule has 1 aromatic rings. The summed E-state index contributed by atoms with van der Waals surface area (Å²) in [6.45, 7) is 5.33. The van der Waals surface area contributed by atoms with E-state index in [1.807, 2.05) is 30.3 Å². The fourth-order valence-corrected chi connectivity index (χ4v) is 8.34. The average molecular weight is 592 g/mol. The van der Waals surface area contributed by atoms with Crippen molar-refractivity contribution in [3.8, 4) is 0 Å². The predicted molar refractivity (Wildman–Crippen MR) is 156 cm³/mol. The number of hydrogen-bond acceptors (Lipinski definition) is 7. The first-order valence-corrected chi connectivity index (χ1v) is 17.0. The molecule has 2 aliphatic rings. The predicted octanol–water partition coefficient (Wildman–Crippen LogP) is 5.69. The molecular weight excluding hydrogens is 545 g/mol. The molecule has 1 aliphatic carbocycles. The van der Waals surface area contributed by atoms with E-state index in [0.29, 0.717) is 19.1 Å². The summed E-state index contributed by atoms with van der Waals surface area (Å²) in [5.74, 6) is -2.73. The van der Waals surface area contributed by atoms with Crippen molar-refractivity contribution in [1.29, 1.82) is 0 Å². The van der Waals surface area contributed by atoms with Crippen molar-refractivity contribution in [2.75, 3.05) is 18.9 Å². The number of amides is 1. The number of aldehydes is 1. The van der Waals surface area contributed by atoms with Gasteiger partial charge in [-0.1, -0.05) is 83.2 Å². The molecule has 41 heavy (non-hydrogen) atoms. The van der Waals surface area contributed by atoms with Crippen LogP contribution < -0.4 is 0 Å². The van der Waals surface area contributed by atoms with E-state index in [4.69, 9.17) is 9.26 Å². The summed E-state index contributed by atoms with van der Waals surface area (Å²) in [7, 11) is -3.75. The number of aryl methyl sites for hydroxylation is 1. The van der Waals surface area contributed by atoms with Gasteiger partial charge in [-0.05, 0) is 43.1 Å². The van der Waals surface area contributed by atoms with Crippen molar-refractivity contribution < 1.29 is 38.1 Å². The molecule has 0 spiro atoms. The molecule has 4 atom stereocenters. The maximum atomic E-state index is 14.3. The van der Waals surface area contributed by atoms with E-state index in [1.54, 1.807) is 20.8 Å². The Hall–Kier alpha value is -2.51. The lowest BCUT2D eigenvalue weighted by Crippen LogP contribution is -2.55. The van der Waals surface area contributed by atoms with Crippen LogP contribution in [-0.2, 0) is 39.4 Å². The van der Waals surface area contributed by atoms with E-state index in [9.17, 15) is 28.8 Å². The second-order valence-corrected chi connectivity index (χ2v) is 14.5. The van der Waals surface area contributed by atoms with Gasteiger partial charge in [0.15, 0.2) is 11.8 Å². The van der Waals surface area contributed by atoms with E-state index in [2.05, 4.69) is 0 Å². The molecule has 0 bridgehead atoms. The van der Waals surface area contributed by atoms with Gasteiger partial charge in [-0.3, -0.25) is 18.7 Å². The second-order valence-electron chi connectivity index (χ2n) is 11.9. The number of hydrogen-bond donors (Lipinski definition) is 1. The number of ether oxygens (including phenoxy) is 1. The second kappa shape index (κ2) is 15.1. The number of carboxylic acid groups (broad SMARTS) is 1. The highest BCUT2D eigenvalue weighted by Crippen LogP contribution is 2.51. The number of likely N-dealkylation sites (tertiary alicyclic amines) is 1. The third-order valence-corrected chi connectivity index (χ3v) is 10.8. The van der Waals surface area contributed by atoms with Crippen LogP contribution in [0.2, 0.25) is 0 Å². The van der Waals surface area contributed by atoms with Crippen molar-refractivity contribution in [2.24, 2.45) is 17.8 Å². The Bertz CT molecular complexity index is 1090. The molecule has 1 aromatic carbocycles. The van der Waals surface area contributed by atoms with Crippen LogP contribution in [0.25, 0.3) is 0 Å². The summed E-state index contributed by atoms with van der Waals surface area (Å²) < 4.78 is 25.7. The number of rotatable bonds is 15. The topological polar surface area (TPSA) is 127 Å². The monoisotopic (exact) mass is 591 g/mol. The molecule has 3 rings (SSSR count). The standard InChI is InChI=1S/C31H46NO8P/c1-4-28(35)39-29(23(2)3)40-41(38,18-12-11-15-24-13-7-5-8-14-24)21-27(34)32-20-26(25-16-9-6-10-17-25)19-31(32,22-33)30(36)37/h5,7-8,13-14,22-23,25-26,29H,4,6,9-12,15-21H2,1-3H3,(H,36,37)/t26-,29?,31+,41?/m1/s1. The number of nitrogens with zero attached hydrogens (tertiary/aromatic N) is 1. The van der Waals surface area contributed by atoms with Crippen molar-refractivity contribution in [3.63, 3.8) is 0 Å². The number of carboxylic acids is 1. The van der Waals surface area contributed by atoms with Crippen LogP contribution >= 0.6 is 7.37 Å². The molecule has 9 nitrogen and oxygen atoms in total. The Morgan fingerprint density at radius 2 is 1.78 bits per heavy atom. The lowest BCUT2D eigenvalue weighted by atomic mass is 9.77. The van der Waals surface area contributed by atoms with E-state index in [1.165, 1.54) is 0 Å². The Kier molecular flexibility index (Phi) is 12.2. The summed E-state index contributed by atoms with van der Waals surface area (Å²) >= 11 is 0. The molecule has 1 saturated heterocycles. The molecule has 1 aliphatic heterocycles. The van der Waals surface area contributed by atoms with Crippen molar-refractivity contribution in [2.45, 2.75) is 96.8 Å². The number of aliphatic carboxylic acids is 1. The normalized spacial score (nSPS) is 23.6. The highest BCUT2D eigenvalue weighted by Gasteiger charge is 2.56. The summed E-state index contributed by atoms with van der Waals surface area (Å²) in [4.78, 5) is 51.8. The first-order chi connectivity index (χ1) is 19.5. The van der Waals surface area contributed by atoms with Crippen molar-refractivity contribution in [3.05, 3.63) is 35.9 Å². The Labute approximate surface area is 243 Å². The summed E-state index contributed by atoms with van der Waals surface area (Å²) in [5.41, 5.74) is -0.844. The zero-order chi connectivity index (χ0) is 30.0. The summed E-state index contributed by atoms with van der Waals surface area (Å²) in [5, 5.41) is 10.1. The van der Waals surface area contributed by atoms with Gasteiger partial charge in [-0.15, -0.1) is 0 Å². The van der Waals surface area contributed by atoms with Gasteiger partial charge in [0.2, 0.25) is 19.6 Å². The smallest absolute Gasteiger partial charge is 0.337 e. The number of esters is 1. The van der Waals surface area contributed by atoms with E-state index in [0.717, 1.165) is 49.0 Å². The number of benzene rings is 1. The quantitative estimate of drug-likeness (QED) is 0.0688. The average Bonchev–Trinajstić information content (AvgIpc) is 3.38. The molecule has 1 saturated carbocycles. The third kappa shape index (κ3) is 8.74. The Morgan fingerprint density at radius 3 is 2.37 bits per heavy atom. The highest BCUT2D eigenvalue weighted by atomic mass is 31.2. The van der Waals surface area contributed by atoms with Crippen LogP contribution in [-0.4, -0.2) is 64.8 Å². The van der Waals surface area contributed by atoms with Gasteiger partial charge in [0.05, 0.1) is 0 Å². The molecule has 1 amide bonds. The third-order valence-electron chi connectivity index (χ3n) is 8.46. The van der Waals surface area contributed by atoms with Gasteiger partial charge in [-0.2, -0.15) is 0 Å². The molecule has 228 valence electrons. The van der Waals surface area contributed by atoms with Gasteiger partial charge in [0, 0.05) is 25.0 Å². The largest absolute Gasteiger partial charge is 0.479 e. The van der Waals surface area contributed by atoms with Crippen LogP contribution in [0.4, 0.5) is 0 Å². The first kappa shape index (κ1) is 33.0. The van der Waals surface area contributed by atoms with Gasteiger partial charge >= 0.3 is 11.9 Å². The van der Waals surface area contributed by atoms with E-state index < -0.39 is 43.2 Å². The van der Waals surface area contributed by atoms with Crippen LogP contribution in [0, 0.1) is 17.8 Å². The number of unbranched alkanes of at least 4 members (excludes halogenated alkanes) is 1. The fourth-order valence-electron chi connectivity index (χ4n) is 6.05. The lowest BCUT2D eigenvalue weighted by molar-refractivity contribution is -0.169. The van der Waals surface area contributed by atoms with Crippen LogP contribution in [0.1, 0.15) is 84.1 Å². The Balaban J connectivity index is 1.81. The number of carbonyl (C=O) groups excluding carboxylic acids is 3. The van der Waals surface area contributed by atoms with E-state index >= 15 is 0 Å². The fraction of sp³-hybridized carbons (Fsp3) is 0.677. The minimum Gasteiger partial charge on any atom is -0.479 e. The first-order valence-electron chi connectivity index (χ1n) is 15.0. The highest BCUT2D eigenvalue weighted by molar-refractivity contribution is 7.59. The summed E-state index contributed by atoms with van der Waals surface area (Å²) in [6, 6.07) is 9.87. The minimum atomic E-state index is -3.75. The molecule has 0 aromatic heterocycles. The van der Waals surface area contributed by atoms with Crippen LogP contribution in [0.5, 0.6) is 0 Å². The molecular formula is C31H46NO8P. The molecule has 1 N–H and O–H groups in total. The van der Waals surface area contributed by atoms with Crippen LogP contribution in [0.3, 0.4) is 0 Å². The molecule has 1 heterocycles. The molecule has 2 fully saturated rings. The lowest BCUT2D eigenvalue weighted by Gasteiger charge is -2.32. The van der Waals surface area contributed by atoms with Gasteiger partial charge in [-0.25, -0.2) is 4.79 Å². The maximum absolute atomic E-state index is 14.3. The van der Waals surface area contributed by atoms with Gasteiger partial charge in [0.1, 0.15) is 6.16 Å². The van der Waals surface area contributed by atoms with Crippen LogP contribution in [0.15, 0.2) is 30.3 Å². The van der Waals surface area contributed by atoms with Gasteiger partial charge < -0.3 is 19.5 Å².